The highest BCUT2D eigenvalue weighted by atomic mass is 19.4. The van der Waals surface area contributed by atoms with Gasteiger partial charge in [-0.2, -0.15) is 13.2 Å². The largest absolute Gasteiger partial charge is 0.478 e. The van der Waals surface area contributed by atoms with E-state index in [0.717, 1.165) is 19.1 Å². The van der Waals surface area contributed by atoms with Crippen LogP contribution in [0.15, 0.2) is 18.2 Å². The van der Waals surface area contributed by atoms with Crippen molar-refractivity contribution in [1.82, 2.24) is 0 Å². The summed E-state index contributed by atoms with van der Waals surface area (Å²) in [7, 11) is 0. The topological polar surface area (TPSA) is 54.4 Å². The number of Topliss-reactive ketones (excluding diaryl/α,β-unsaturated/α-hetero) is 1. The van der Waals surface area contributed by atoms with Crippen molar-refractivity contribution in [3.63, 3.8) is 0 Å². The number of carbonyl (C=O) groups is 2. The second kappa shape index (κ2) is 3.96. The Balaban J connectivity index is 3.58. The molecule has 0 aliphatic carbocycles. The molecule has 0 aliphatic heterocycles. The molecule has 0 spiro atoms. The van der Waals surface area contributed by atoms with Gasteiger partial charge in [0, 0.05) is 5.56 Å². The smallest absolute Gasteiger partial charge is 0.417 e. The molecule has 1 N–H and O–H groups in total. The maximum absolute atomic E-state index is 12.5. The fourth-order valence-electron chi connectivity index (χ4n) is 1.35. The van der Waals surface area contributed by atoms with E-state index in [2.05, 4.69) is 0 Å². The first-order valence-corrected chi connectivity index (χ1v) is 4.19. The molecule has 0 atom stereocenters. The van der Waals surface area contributed by atoms with Crippen molar-refractivity contribution in [2.45, 2.75) is 13.1 Å². The van der Waals surface area contributed by atoms with Gasteiger partial charge in [-0.15, -0.1) is 0 Å². The number of carbonyl (C=O) groups excluding carboxylic acids is 1. The minimum absolute atomic E-state index is 0.637. The predicted molar refractivity (Wildman–Crippen MR) is 48.4 cm³/mol. The first-order chi connectivity index (χ1) is 7.25. The van der Waals surface area contributed by atoms with Crippen LogP contribution in [0.25, 0.3) is 0 Å². The molecule has 6 heteroatoms. The summed E-state index contributed by atoms with van der Waals surface area (Å²) in [6.45, 7) is 0.900. The Labute approximate surface area is 88.5 Å². The summed E-state index contributed by atoms with van der Waals surface area (Å²) >= 11 is 0. The molecule has 0 amide bonds. The molecule has 0 saturated carbocycles. The summed E-state index contributed by atoms with van der Waals surface area (Å²) in [5.74, 6) is -2.48. The molecule has 0 radical (unpaired) electrons. The van der Waals surface area contributed by atoms with Gasteiger partial charge in [0.25, 0.3) is 0 Å². The van der Waals surface area contributed by atoms with Gasteiger partial charge in [0.05, 0.1) is 11.1 Å². The van der Waals surface area contributed by atoms with E-state index in [-0.39, 0.29) is 0 Å². The van der Waals surface area contributed by atoms with Crippen LogP contribution in [0.3, 0.4) is 0 Å². The molecule has 86 valence electrons. The average molecular weight is 232 g/mol. The second-order valence-electron chi connectivity index (χ2n) is 3.09. The van der Waals surface area contributed by atoms with Crippen LogP contribution in [0.1, 0.15) is 33.2 Å². The van der Waals surface area contributed by atoms with Crippen molar-refractivity contribution in [3.05, 3.63) is 34.9 Å². The van der Waals surface area contributed by atoms with Gasteiger partial charge in [-0.25, -0.2) is 4.79 Å². The van der Waals surface area contributed by atoms with Gasteiger partial charge in [-0.3, -0.25) is 4.79 Å². The van der Waals surface area contributed by atoms with Crippen molar-refractivity contribution < 1.29 is 27.9 Å². The maximum atomic E-state index is 12.5. The van der Waals surface area contributed by atoms with E-state index in [1.807, 2.05) is 0 Å². The van der Waals surface area contributed by atoms with Crippen molar-refractivity contribution in [3.8, 4) is 0 Å². The molecule has 0 bridgehead atoms. The van der Waals surface area contributed by atoms with E-state index in [4.69, 9.17) is 5.11 Å². The van der Waals surface area contributed by atoms with Gasteiger partial charge >= 0.3 is 12.1 Å². The van der Waals surface area contributed by atoms with Crippen molar-refractivity contribution in [1.29, 1.82) is 0 Å². The monoisotopic (exact) mass is 232 g/mol. The van der Waals surface area contributed by atoms with E-state index < -0.39 is 34.6 Å². The molecule has 3 nitrogen and oxygen atoms in total. The lowest BCUT2D eigenvalue weighted by Gasteiger charge is -2.12. The average Bonchev–Trinajstić information content (AvgIpc) is 2.14. The minimum atomic E-state index is -4.74. The Hall–Kier alpha value is -1.85. The summed E-state index contributed by atoms with van der Waals surface area (Å²) in [5, 5.41) is 8.69. The lowest BCUT2D eigenvalue weighted by atomic mass is 9.97. The molecule has 0 fully saturated rings. The summed E-state index contributed by atoms with van der Waals surface area (Å²) < 4.78 is 37.5. The van der Waals surface area contributed by atoms with Crippen LogP contribution < -0.4 is 0 Å². The van der Waals surface area contributed by atoms with Crippen LogP contribution in [-0.4, -0.2) is 16.9 Å². The Bertz CT molecular complexity index is 449. The zero-order valence-electron chi connectivity index (χ0n) is 8.13. The molecule has 0 aliphatic rings. The number of alkyl halides is 3. The van der Waals surface area contributed by atoms with Crippen molar-refractivity contribution in [2.24, 2.45) is 0 Å². The van der Waals surface area contributed by atoms with Gasteiger partial charge in [-0.05, 0) is 19.1 Å². The number of rotatable bonds is 2. The Kier molecular flexibility index (Phi) is 3.02. The normalized spacial score (nSPS) is 11.2. The van der Waals surface area contributed by atoms with Gasteiger partial charge in [0.15, 0.2) is 5.78 Å². The van der Waals surface area contributed by atoms with Crippen LogP contribution in [-0.2, 0) is 6.18 Å². The molecular weight excluding hydrogens is 225 g/mol. The molecule has 1 aromatic rings. The highest BCUT2D eigenvalue weighted by molar-refractivity contribution is 6.06. The van der Waals surface area contributed by atoms with E-state index >= 15 is 0 Å². The number of benzene rings is 1. The molecule has 1 aromatic carbocycles. The zero-order chi connectivity index (χ0) is 12.5. The standard InChI is InChI=1S/C10H7F3O3/c1-5(14)8-6(9(15)16)3-2-4-7(8)10(11,12)13/h2-4H,1H3,(H,15,16). The molecular formula is C10H7F3O3. The molecule has 0 unspecified atom stereocenters. The SMILES string of the molecule is CC(=O)c1c(C(=O)O)cccc1C(F)(F)F. The fraction of sp³-hybridized carbons (Fsp3) is 0.200. The van der Waals surface area contributed by atoms with Gasteiger partial charge in [0.1, 0.15) is 0 Å². The van der Waals surface area contributed by atoms with Crippen LogP contribution >= 0.6 is 0 Å². The van der Waals surface area contributed by atoms with Gasteiger partial charge < -0.3 is 5.11 Å². The number of carboxylic acids is 1. The van der Waals surface area contributed by atoms with E-state index in [1.54, 1.807) is 0 Å². The van der Waals surface area contributed by atoms with E-state index in [1.165, 1.54) is 0 Å². The Morgan fingerprint density at radius 2 is 1.81 bits per heavy atom. The molecule has 1 rings (SSSR count). The number of hydrogen-bond donors (Lipinski definition) is 1. The lowest BCUT2D eigenvalue weighted by molar-refractivity contribution is -0.137. The predicted octanol–water partition coefficient (Wildman–Crippen LogP) is 2.61. The fourth-order valence-corrected chi connectivity index (χ4v) is 1.35. The third kappa shape index (κ3) is 2.21. The molecule has 0 saturated heterocycles. The third-order valence-electron chi connectivity index (χ3n) is 1.95. The highest BCUT2D eigenvalue weighted by Crippen LogP contribution is 2.33. The molecule has 0 aromatic heterocycles. The number of carboxylic acid groups (broad SMARTS) is 1. The number of aromatic carboxylic acids is 1. The van der Waals surface area contributed by atoms with Crippen LogP contribution in [0.5, 0.6) is 0 Å². The first-order valence-electron chi connectivity index (χ1n) is 4.19. The Morgan fingerprint density at radius 3 is 2.19 bits per heavy atom. The summed E-state index contributed by atoms with van der Waals surface area (Å²) in [6, 6.07) is 2.61. The molecule has 0 heterocycles. The first kappa shape index (κ1) is 12.2. The maximum Gasteiger partial charge on any atom is 0.417 e. The summed E-state index contributed by atoms with van der Waals surface area (Å²) in [4.78, 5) is 21.8. The number of halogens is 3. The summed E-state index contributed by atoms with van der Waals surface area (Å²) in [5.41, 5.74) is -2.66. The minimum Gasteiger partial charge on any atom is -0.478 e. The van der Waals surface area contributed by atoms with E-state index in [9.17, 15) is 22.8 Å². The summed E-state index contributed by atoms with van der Waals surface area (Å²) in [6.07, 6.45) is -4.74. The molecule has 16 heavy (non-hydrogen) atoms. The van der Waals surface area contributed by atoms with Crippen molar-refractivity contribution in [2.75, 3.05) is 0 Å². The zero-order valence-corrected chi connectivity index (χ0v) is 8.13. The second-order valence-corrected chi connectivity index (χ2v) is 3.09. The number of ketones is 1. The van der Waals surface area contributed by atoms with E-state index in [0.29, 0.717) is 6.07 Å². The van der Waals surface area contributed by atoms with Crippen LogP contribution in [0.4, 0.5) is 13.2 Å². The van der Waals surface area contributed by atoms with Crippen LogP contribution in [0, 0.1) is 0 Å². The highest BCUT2D eigenvalue weighted by Gasteiger charge is 2.36. The van der Waals surface area contributed by atoms with Crippen LogP contribution in [0.2, 0.25) is 0 Å². The van der Waals surface area contributed by atoms with Gasteiger partial charge in [0.2, 0.25) is 0 Å². The lowest BCUT2D eigenvalue weighted by Crippen LogP contribution is -2.16. The number of hydrogen-bond acceptors (Lipinski definition) is 2. The Morgan fingerprint density at radius 1 is 1.25 bits per heavy atom. The third-order valence-corrected chi connectivity index (χ3v) is 1.95. The van der Waals surface area contributed by atoms with Gasteiger partial charge in [-0.1, -0.05) is 6.07 Å². The quantitative estimate of drug-likeness (QED) is 0.797. The van der Waals surface area contributed by atoms with Crippen molar-refractivity contribution >= 4 is 11.8 Å².